The fourth-order valence-corrected chi connectivity index (χ4v) is 7.96. The van der Waals surface area contributed by atoms with Gasteiger partial charge >= 0.3 is 0 Å². The molecule has 5 aromatic rings. The van der Waals surface area contributed by atoms with Crippen molar-refractivity contribution in [3.8, 4) is 11.1 Å². The average Bonchev–Trinajstić information content (AvgIpc) is 3.52. The molecule has 0 unspecified atom stereocenters. The first kappa shape index (κ1) is 25.9. The molecule has 10 heteroatoms. The van der Waals surface area contributed by atoms with Gasteiger partial charge in [0, 0.05) is 34.3 Å². The van der Waals surface area contributed by atoms with Crippen LogP contribution in [-0.2, 0) is 23.0 Å². The van der Waals surface area contributed by atoms with Crippen molar-refractivity contribution in [3.05, 3.63) is 104 Å². The van der Waals surface area contributed by atoms with Crippen molar-refractivity contribution in [2.75, 3.05) is 6.54 Å². The quantitative estimate of drug-likeness (QED) is 0.159. The van der Waals surface area contributed by atoms with Crippen LogP contribution in [-0.4, -0.2) is 25.8 Å². The van der Waals surface area contributed by atoms with Crippen LogP contribution in [0.5, 0.6) is 0 Å². The van der Waals surface area contributed by atoms with Gasteiger partial charge in [0.25, 0.3) is 5.91 Å². The van der Waals surface area contributed by atoms with E-state index in [-0.39, 0.29) is 10.8 Å². The number of hydrogen-bond donors (Lipinski definition) is 1. The maximum absolute atomic E-state index is 13.7. The van der Waals surface area contributed by atoms with Gasteiger partial charge in [-0.05, 0) is 64.2 Å². The fraction of sp³-hybridized carbons (Fsp3) is 0.111. The van der Waals surface area contributed by atoms with Gasteiger partial charge in [-0.3, -0.25) is 4.79 Å². The van der Waals surface area contributed by atoms with Crippen molar-refractivity contribution in [1.29, 1.82) is 0 Å². The number of benzene rings is 3. The van der Waals surface area contributed by atoms with Crippen LogP contribution in [0.15, 0.2) is 88.5 Å². The number of amides is 1. The summed E-state index contributed by atoms with van der Waals surface area (Å²) < 4.78 is 25.2. The maximum Gasteiger partial charge on any atom is 0.254 e. The van der Waals surface area contributed by atoms with E-state index in [1.165, 1.54) is 16.8 Å². The van der Waals surface area contributed by atoms with E-state index in [0.717, 1.165) is 31.5 Å². The van der Waals surface area contributed by atoms with Gasteiger partial charge in [-0.1, -0.05) is 75.4 Å². The van der Waals surface area contributed by atoms with E-state index in [0.29, 0.717) is 25.1 Å². The summed E-state index contributed by atoms with van der Waals surface area (Å²) in [6.45, 7) is 0.949. The Morgan fingerprint density at radius 1 is 0.946 bits per heavy atom. The molecule has 0 aliphatic carbocycles. The zero-order chi connectivity index (χ0) is 26.0. The largest absolute Gasteiger partial charge is 0.334 e. The first-order valence-corrected chi connectivity index (χ1v) is 16.4. The van der Waals surface area contributed by atoms with Crippen LogP contribution >= 0.6 is 44.2 Å². The molecule has 0 spiro atoms. The minimum atomic E-state index is -3.75. The summed E-state index contributed by atoms with van der Waals surface area (Å²) in [7, 11) is -0.571. The summed E-state index contributed by atoms with van der Waals surface area (Å²) in [5, 5.41) is 10.5. The third-order valence-corrected chi connectivity index (χ3v) is 10.7. The molecule has 0 aliphatic rings. The standard InChI is InChI=1S/C27H22N2O3S5/c28-37(31,32)22-11-5-18(6-12-22)13-14-29(15-21-16-34-25-4-2-1-3-23(21)25)26(30)20-9-7-19(8-10-20)24-17-35-36-27(24)33/h1-12,16-17H,13-15H2,(H2,28,31,32). The van der Waals surface area contributed by atoms with Crippen LogP contribution in [0.2, 0.25) is 0 Å². The highest BCUT2D eigenvalue weighted by Gasteiger charge is 2.19. The van der Waals surface area contributed by atoms with Crippen LogP contribution in [0.3, 0.4) is 0 Å². The van der Waals surface area contributed by atoms with E-state index in [1.807, 2.05) is 46.7 Å². The predicted octanol–water partition coefficient (Wildman–Crippen LogP) is 6.95. The SMILES string of the molecule is NS(=O)(=O)c1ccc(CCN(Cc2csc3ccccc23)C(=O)c2ccc(-c3cssc3=S)cc2)cc1. The van der Waals surface area contributed by atoms with E-state index >= 15 is 0 Å². The molecule has 0 radical (unpaired) electrons. The van der Waals surface area contributed by atoms with Crippen molar-refractivity contribution in [3.63, 3.8) is 0 Å². The molecule has 2 heterocycles. The minimum absolute atomic E-state index is 0.0604. The van der Waals surface area contributed by atoms with Gasteiger partial charge in [0.15, 0.2) is 0 Å². The van der Waals surface area contributed by atoms with E-state index in [1.54, 1.807) is 44.2 Å². The minimum Gasteiger partial charge on any atom is -0.334 e. The molecule has 188 valence electrons. The fourth-order valence-electron chi connectivity index (χ4n) is 4.09. The molecule has 5 rings (SSSR count). The number of carbonyl (C=O) groups excluding carboxylic acids is 1. The molecule has 0 atom stereocenters. The Labute approximate surface area is 231 Å². The van der Waals surface area contributed by atoms with Gasteiger partial charge < -0.3 is 4.90 Å². The van der Waals surface area contributed by atoms with Gasteiger partial charge in [-0.25, -0.2) is 13.6 Å². The highest BCUT2D eigenvalue weighted by Crippen LogP contribution is 2.29. The topological polar surface area (TPSA) is 80.5 Å². The van der Waals surface area contributed by atoms with Crippen molar-refractivity contribution >= 4 is 70.3 Å². The lowest BCUT2D eigenvalue weighted by Crippen LogP contribution is -2.32. The zero-order valence-corrected chi connectivity index (χ0v) is 23.6. The predicted molar refractivity (Wildman–Crippen MR) is 157 cm³/mol. The maximum atomic E-state index is 13.7. The number of thiophene rings is 1. The lowest BCUT2D eigenvalue weighted by Gasteiger charge is -2.23. The second-order valence-corrected chi connectivity index (χ2v) is 13.7. The van der Waals surface area contributed by atoms with Crippen molar-refractivity contribution in [1.82, 2.24) is 4.90 Å². The van der Waals surface area contributed by atoms with E-state index in [2.05, 4.69) is 17.5 Å². The Kier molecular flexibility index (Phi) is 7.66. The average molecular weight is 583 g/mol. The van der Waals surface area contributed by atoms with E-state index in [9.17, 15) is 13.2 Å². The third-order valence-electron chi connectivity index (χ3n) is 6.08. The molecule has 2 aromatic heterocycles. The Morgan fingerprint density at radius 3 is 2.35 bits per heavy atom. The molecule has 0 saturated heterocycles. The van der Waals surface area contributed by atoms with Gasteiger partial charge in [0.05, 0.1) is 4.90 Å². The number of nitrogens with zero attached hydrogens (tertiary/aromatic N) is 1. The number of nitrogens with two attached hydrogens (primary N) is 1. The molecule has 0 fully saturated rings. The first-order chi connectivity index (χ1) is 17.8. The van der Waals surface area contributed by atoms with Gasteiger partial charge in [-0.15, -0.1) is 11.3 Å². The van der Waals surface area contributed by atoms with Gasteiger partial charge in [0.1, 0.15) is 3.82 Å². The number of hydrogen-bond acceptors (Lipinski definition) is 7. The van der Waals surface area contributed by atoms with Crippen molar-refractivity contribution in [2.24, 2.45) is 5.14 Å². The highest BCUT2D eigenvalue weighted by molar-refractivity contribution is 7.89. The van der Waals surface area contributed by atoms with Crippen LogP contribution < -0.4 is 5.14 Å². The summed E-state index contributed by atoms with van der Waals surface area (Å²) in [4.78, 5) is 15.6. The lowest BCUT2D eigenvalue weighted by molar-refractivity contribution is 0.0746. The molecule has 0 bridgehead atoms. The number of fused-ring (bicyclic) bond motifs is 1. The summed E-state index contributed by atoms with van der Waals surface area (Å²) in [6, 6.07) is 22.3. The Bertz CT molecular complexity index is 1720. The summed E-state index contributed by atoms with van der Waals surface area (Å²) in [5.74, 6) is -0.0604. The molecule has 2 N–H and O–H groups in total. The molecule has 5 nitrogen and oxygen atoms in total. The third kappa shape index (κ3) is 5.90. The summed E-state index contributed by atoms with van der Waals surface area (Å²) in [5.41, 5.74) is 4.66. The number of sulfonamides is 1. The monoisotopic (exact) mass is 582 g/mol. The van der Waals surface area contributed by atoms with Crippen LogP contribution in [0, 0.1) is 3.82 Å². The Hall–Kier alpha value is -2.73. The molecule has 0 aliphatic heterocycles. The molecule has 0 saturated carbocycles. The zero-order valence-electron chi connectivity index (χ0n) is 19.5. The van der Waals surface area contributed by atoms with Crippen molar-refractivity contribution in [2.45, 2.75) is 17.9 Å². The molecule has 37 heavy (non-hydrogen) atoms. The highest BCUT2D eigenvalue weighted by atomic mass is 32.9. The second kappa shape index (κ2) is 10.9. The molecule has 1 amide bonds. The normalized spacial score (nSPS) is 11.6. The Morgan fingerprint density at radius 2 is 1.68 bits per heavy atom. The summed E-state index contributed by atoms with van der Waals surface area (Å²) >= 11 is 7.09. The van der Waals surface area contributed by atoms with Crippen molar-refractivity contribution < 1.29 is 13.2 Å². The molecular weight excluding hydrogens is 561 g/mol. The summed E-state index contributed by atoms with van der Waals surface area (Å²) in [6.07, 6.45) is 0.576. The first-order valence-electron chi connectivity index (χ1n) is 11.3. The van der Waals surface area contributed by atoms with Gasteiger partial charge in [-0.2, -0.15) is 0 Å². The number of carbonyl (C=O) groups is 1. The van der Waals surface area contributed by atoms with Crippen LogP contribution in [0.1, 0.15) is 21.5 Å². The van der Waals surface area contributed by atoms with Crippen LogP contribution in [0.4, 0.5) is 0 Å². The molecular formula is C27H22N2O3S5. The second-order valence-electron chi connectivity index (χ2n) is 8.50. The van der Waals surface area contributed by atoms with Gasteiger partial charge in [0.2, 0.25) is 10.0 Å². The molecule has 3 aromatic carbocycles. The van der Waals surface area contributed by atoms with E-state index in [4.69, 9.17) is 17.4 Å². The Balaban J connectivity index is 1.40. The number of rotatable bonds is 8. The van der Waals surface area contributed by atoms with E-state index < -0.39 is 10.0 Å². The lowest BCUT2D eigenvalue weighted by atomic mass is 10.1. The number of primary sulfonamides is 1. The van der Waals surface area contributed by atoms with Crippen LogP contribution in [0.25, 0.3) is 21.2 Å². The smallest absolute Gasteiger partial charge is 0.254 e.